The maximum absolute atomic E-state index is 11.8. The molecule has 1 aliphatic rings. The molecule has 0 spiro atoms. The van der Waals surface area contributed by atoms with Crippen LogP contribution in [0.5, 0.6) is 0 Å². The van der Waals surface area contributed by atoms with Crippen LogP contribution in [0, 0.1) is 5.92 Å². The molecule has 7 heteroatoms. The number of ether oxygens (including phenoxy) is 1. The van der Waals surface area contributed by atoms with Crippen LogP contribution in [0.15, 0.2) is 11.4 Å². The van der Waals surface area contributed by atoms with Crippen LogP contribution in [0.25, 0.3) is 0 Å². The number of anilines is 1. The fourth-order valence-electron chi connectivity index (χ4n) is 2.78. The highest BCUT2D eigenvalue weighted by Crippen LogP contribution is 2.27. The van der Waals surface area contributed by atoms with E-state index in [0.717, 1.165) is 6.42 Å². The average molecular weight is 338 g/mol. The van der Waals surface area contributed by atoms with Gasteiger partial charge in [0.2, 0.25) is 0 Å². The fraction of sp³-hybridized carbons (Fsp3) is 0.562. The summed E-state index contributed by atoms with van der Waals surface area (Å²) in [5.74, 6) is -0.826. The van der Waals surface area contributed by atoms with E-state index in [2.05, 4.69) is 5.32 Å². The van der Waals surface area contributed by atoms with Crippen molar-refractivity contribution in [2.24, 2.45) is 11.7 Å². The van der Waals surface area contributed by atoms with E-state index in [9.17, 15) is 14.4 Å². The maximum atomic E-state index is 11.8. The first-order valence-electron chi connectivity index (χ1n) is 7.89. The minimum atomic E-state index is -0.606. The van der Waals surface area contributed by atoms with E-state index < -0.39 is 11.8 Å². The summed E-state index contributed by atoms with van der Waals surface area (Å²) in [6.45, 7) is -0.348. The Kier molecular flexibility index (Phi) is 6.58. The highest BCUT2D eigenvalue weighted by Gasteiger charge is 2.17. The van der Waals surface area contributed by atoms with Crippen LogP contribution < -0.4 is 11.1 Å². The molecule has 1 saturated carbocycles. The third kappa shape index (κ3) is 5.67. The lowest BCUT2D eigenvalue weighted by Crippen LogP contribution is -2.22. The number of rotatable bonds is 7. The van der Waals surface area contributed by atoms with Crippen molar-refractivity contribution >= 4 is 34.1 Å². The first-order chi connectivity index (χ1) is 11.1. The van der Waals surface area contributed by atoms with E-state index in [0.29, 0.717) is 17.3 Å². The van der Waals surface area contributed by atoms with Crippen molar-refractivity contribution < 1.29 is 19.1 Å². The molecule has 0 aromatic carbocycles. The van der Waals surface area contributed by atoms with Gasteiger partial charge in [0.25, 0.3) is 11.8 Å². The smallest absolute Gasteiger partial charge is 0.306 e. The van der Waals surface area contributed by atoms with Gasteiger partial charge in [0.15, 0.2) is 6.61 Å². The standard InChI is InChI=1S/C16H22N2O4S/c17-15(21)12-8-9-23-16(12)18-13(19)10-22-14(20)7-6-11-4-2-1-3-5-11/h8-9,11H,1-7,10H2,(H2,17,21)(H,18,19). The molecule has 1 aromatic heterocycles. The molecule has 0 unspecified atom stereocenters. The molecule has 1 aliphatic carbocycles. The second kappa shape index (κ2) is 8.67. The van der Waals surface area contributed by atoms with Crippen LogP contribution in [0.3, 0.4) is 0 Å². The van der Waals surface area contributed by atoms with Crippen molar-refractivity contribution in [3.8, 4) is 0 Å². The lowest BCUT2D eigenvalue weighted by molar-refractivity contribution is -0.147. The van der Waals surface area contributed by atoms with Gasteiger partial charge in [-0.1, -0.05) is 32.1 Å². The Morgan fingerprint density at radius 1 is 1.26 bits per heavy atom. The number of carbonyl (C=O) groups is 3. The van der Waals surface area contributed by atoms with Gasteiger partial charge >= 0.3 is 5.97 Å². The summed E-state index contributed by atoms with van der Waals surface area (Å²) in [6.07, 6.45) is 7.32. The zero-order valence-corrected chi connectivity index (χ0v) is 13.8. The quantitative estimate of drug-likeness (QED) is 0.747. The zero-order valence-electron chi connectivity index (χ0n) is 13.0. The number of nitrogens with two attached hydrogens (primary N) is 1. The molecular formula is C16H22N2O4S. The van der Waals surface area contributed by atoms with Crippen molar-refractivity contribution in [2.45, 2.75) is 44.9 Å². The van der Waals surface area contributed by atoms with Crippen molar-refractivity contribution in [3.05, 3.63) is 17.0 Å². The van der Waals surface area contributed by atoms with Gasteiger partial charge in [-0.25, -0.2) is 0 Å². The normalized spacial score (nSPS) is 15.1. The largest absolute Gasteiger partial charge is 0.456 e. The Morgan fingerprint density at radius 3 is 2.70 bits per heavy atom. The number of amides is 2. The molecule has 3 N–H and O–H groups in total. The predicted molar refractivity (Wildman–Crippen MR) is 88.2 cm³/mol. The molecular weight excluding hydrogens is 316 g/mol. The van der Waals surface area contributed by atoms with Gasteiger partial charge < -0.3 is 15.8 Å². The Balaban J connectivity index is 1.68. The topological polar surface area (TPSA) is 98.5 Å². The number of hydrogen-bond donors (Lipinski definition) is 2. The predicted octanol–water partition coefficient (Wildman–Crippen LogP) is 2.69. The molecule has 0 saturated heterocycles. The SMILES string of the molecule is NC(=O)c1ccsc1NC(=O)COC(=O)CCC1CCCCC1. The van der Waals surface area contributed by atoms with Crippen LogP contribution in [-0.2, 0) is 14.3 Å². The van der Waals surface area contributed by atoms with E-state index in [-0.39, 0.29) is 18.1 Å². The molecule has 2 amide bonds. The fourth-order valence-corrected chi connectivity index (χ4v) is 3.59. The summed E-state index contributed by atoms with van der Waals surface area (Å²) in [6, 6.07) is 1.54. The molecule has 6 nitrogen and oxygen atoms in total. The zero-order chi connectivity index (χ0) is 16.7. The number of hydrogen-bond acceptors (Lipinski definition) is 5. The minimum absolute atomic E-state index is 0.256. The Morgan fingerprint density at radius 2 is 2.00 bits per heavy atom. The van der Waals surface area contributed by atoms with E-state index in [1.165, 1.54) is 43.4 Å². The van der Waals surface area contributed by atoms with Gasteiger partial charge in [0.1, 0.15) is 5.00 Å². The average Bonchev–Trinajstić information content (AvgIpc) is 3.00. The number of primary amides is 1. The third-order valence-electron chi connectivity index (χ3n) is 4.03. The second-order valence-corrected chi connectivity index (χ2v) is 6.70. The van der Waals surface area contributed by atoms with Crippen LogP contribution in [-0.4, -0.2) is 24.4 Å². The molecule has 0 atom stereocenters. The molecule has 2 rings (SSSR count). The highest BCUT2D eigenvalue weighted by atomic mass is 32.1. The minimum Gasteiger partial charge on any atom is -0.456 e. The van der Waals surface area contributed by atoms with E-state index in [1.54, 1.807) is 11.4 Å². The Bertz CT molecular complexity index is 564. The van der Waals surface area contributed by atoms with Crippen molar-refractivity contribution in [3.63, 3.8) is 0 Å². The lowest BCUT2D eigenvalue weighted by atomic mass is 9.86. The van der Waals surface area contributed by atoms with E-state index >= 15 is 0 Å². The Hall–Kier alpha value is -1.89. The van der Waals surface area contributed by atoms with Crippen molar-refractivity contribution in [1.29, 1.82) is 0 Å². The molecule has 1 heterocycles. The number of nitrogens with one attached hydrogen (secondary N) is 1. The molecule has 1 fully saturated rings. The van der Waals surface area contributed by atoms with Gasteiger partial charge in [-0.05, 0) is 23.8 Å². The van der Waals surface area contributed by atoms with E-state index in [4.69, 9.17) is 10.5 Å². The summed E-state index contributed by atoms with van der Waals surface area (Å²) >= 11 is 1.20. The summed E-state index contributed by atoms with van der Waals surface area (Å²) in [5, 5.41) is 4.57. The molecule has 0 bridgehead atoms. The molecule has 23 heavy (non-hydrogen) atoms. The van der Waals surface area contributed by atoms with Crippen LogP contribution in [0.4, 0.5) is 5.00 Å². The molecule has 1 aromatic rings. The monoisotopic (exact) mass is 338 g/mol. The summed E-state index contributed by atoms with van der Waals surface area (Å²) in [7, 11) is 0. The van der Waals surface area contributed by atoms with Gasteiger partial charge in [-0.3, -0.25) is 14.4 Å². The van der Waals surface area contributed by atoms with Crippen molar-refractivity contribution in [1.82, 2.24) is 0 Å². The lowest BCUT2D eigenvalue weighted by Gasteiger charge is -2.20. The van der Waals surface area contributed by atoms with Gasteiger partial charge in [-0.2, -0.15) is 0 Å². The number of thiophene rings is 1. The van der Waals surface area contributed by atoms with Crippen LogP contribution in [0.2, 0.25) is 0 Å². The number of carbonyl (C=O) groups excluding carboxylic acids is 3. The highest BCUT2D eigenvalue weighted by molar-refractivity contribution is 7.14. The summed E-state index contributed by atoms with van der Waals surface area (Å²) < 4.78 is 4.98. The van der Waals surface area contributed by atoms with Crippen molar-refractivity contribution in [2.75, 3.05) is 11.9 Å². The summed E-state index contributed by atoms with van der Waals surface area (Å²) in [4.78, 5) is 34.6. The Labute approximate surface area is 139 Å². The number of esters is 1. The molecule has 0 radical (unpaired) electrons. The first-order valence-corrected chi connectivity index (χ1v) is 8.77. The third-order valence-corrected chi connectivity index (χ3v) is 4.86. The second-order valence-electron chi connectivity index (χ2n) is 5.78. The van der Waals surface area contributed by atoms with Crippen LogP contribution >= 0.6 is 11.3 Å². The van der Waals surface area contributed by atoms with Gasteiger partial charge in [0.05, 0.1) is 5.56 Å². The van der Waals surface area contributed by atoms with Gasteiger partial charge in [0, 0.05) is 6.42 Å². The summed E-state index contributed by atoms with van der Waals surface area (Å²) in [5.41, 5.74) is 5.45. The van der Waals surface area contributed by atoms with E-state index in [1.807, 2.05) is 0 Å². The first kappa shape index (κ1) is 17.5. The van der Waals surface area contributed by atoms with Crippen LogP contribution in [0.1, 0.15) is 55.3 Å². The molecule has 126 valence electrons. The molecule has 0 aliphatic heterocycles. The maximum Gasteiger partial charge on any atom is 0.306 e. The van der Waals surface area contributed by atoms with Gasteiger partial charge in [-0.15, -0.1) is 11.3 Å².